The first-order valence-corrected chi connectivity index (χ1v) is 5.12. The Bertz CT molecular complexity index is 216. The van der Waals surface area contributed by atoms with Gasteiger partial charge in [0.05, 0.1) is 13.2 Å². The zero-order valence-corrected chi connectivity index (χ0v) is 8.20. The summed E-state index contributed by atoms with van der Waals surface area (Å²) in [6.45, 7) is 2.34. The lowest BCUT2D eigenvalue weighted by atomic mass is 9.75. The van der Waals surface area contributed by atoms with E-state index in [4.69, 9.17) is 14.6 Å². The largest absolute Gasteiger partial charge is 0.481 e. The van der Waals surface area contributed by atoms with E-state index in [-0.39, 0.29) is 0 Å². The Morgan fingerprint density at radius 1 is 1.29 bits per heavy atom. The molecule has 2 saturated heterocycles. The van der Waals surface area contributed by atoms with Gasteiger partial charge in [-0.2, -0.15) is 0 Å². The Morgan fingerprint density at radius 2 is 1.93 bits per heavy atom. The maximum absolute atomic E-state index is 11.1. The lowest BCUT2D eigenvalue weighted by Crippen LogP contribution is -2.50. The molecule has 0 aliphatic carbocycles. The number of aliphatic carboxylic acids is 1. The fourth-order valence-electron chi connectivity index (χ4n) is 2.18. The van der Waals surface area contributed by atoms with Crippen LogP contribution in [0.25, 0.3) is 0 Å². The third kappa shape index (κ3) is 1.77. The van der Waals surface area contributed by atoms with E-state index >= 15 is 0 Å². The molecule has 14 heavy (non-hydrogen) atoms. The van der Waals surface area contributed by atoms with E-state index in [2.05, 4.69) is 0 Å². The molecule has 4 heteroatoms. The van der Waals surface area contributed by atoms with Gasteiger partial charge in [-0.3, -0.25) is 4.79 Å². The summed E-state index contributed by atoms with van der Waals surface area (Å²) in [6, 6.07) is 0. The average Bonchev–Trinajstić information content (AvgIpc) is 2.12. The highest BCUT2D eigenvalue weighted by Crippen LogP contribution is 2.37. The molecular weight excluding hydrogens is 184 g/mol. The summed E-state index contributed by atoms with van der Waals surface area (Å²) < 4.78 is 10.3. The van der Waals surface area contributed by atoms with Crippen LogP contribution < -0.4 is 0 Å². The molecule has 0 aromatic carbocycles. The van der Waals surface area contributed by atoms with Crippen LogP contribution in [-0.4, -0.2) is 37.5 Å². The summed E-state index contributed by atoms with van der Waals surface area (Å²) in [4.78, 5) is 11.1. The van der Waals surface area contributed by atoms with Gasteiger partial charge in [-0.25, -0.2) is 0 Å². The van der Waals surface area contributed by atoms with Crippen molar-refractivity contribution < 1.29 is 19.4 Å². The number of hydrogen-bond donors (Lipinski definition) is 1. The lowest BCUT2D eigenvalue weighted by molar-refractivity contribution is -0.184. The van der Waals surface area contributed by atoms with Gasteiger partial charge in [0, 0.05) is 13.2 Å². The van der Waals surface area contributed by atoms with Gasteiger partial charge in [0.1, 0.15) is 5.41 Å². The number of ether oxygens (including phenoxy) is 2. The third-order valence-corrected chi connectivity index (χ3v) is 3.23. The van der Waals surface area contributed by atoms with Crippen molar-refractivity contribution in [1.29, 1.82) is 0 Å². The van der Waals surface area contributed by atoms with Gasteiger partial charge in [0.2, 0.25) is 0 Å². The van der Waals surface area contributed by atoms with Crippen LogP contribution in [0.2, 0.25) is 0 Å². The molecule has 2 aliphatic heterocycles. The molecule has 0 radical (unpaired) electrons. The van der Waals surface area contributed by atoms with Gasteiger partial charge < -0.3 is 14.6 Å². The van der Waals surface area contributed by atoms with Crippen LogP contribution in [-0.2, 0) is 14.3 Å². The number of carboxylic acid groups (broad SMARTS) is 1. The maximum Gasteiger partial charge on any atom is 0.314 e. The van der Waals surface area contributed by atoms with E-state index in [1.54, 1.807) is 0 Å². The second kappa shape index (κ2) is 3.87. The first-order chi connectivity index (χ1) is 6.73. The van der Waals surface area contributed by atoms with Gasteiger partial charge in [-0.1, -0.05) is 0 Å². The minimum Gasteiger partial charge on any atom is -0.481 e. The van der Waals surface area contributed by atoms with Crippen molar-refractivity contribution in [2.75, 3.05) is 26.4 Å². The lowest BCUT2D eigenvalue weighted by Gasteiger charge is -2.40. The first-order valence-electron chi connectivity index (χ1n) is 5.12. The number of rotatable bonds is 3. The molecule has 1 N–H and O–H groups in total. The zero-order valence-electron chi connectivity index (χ0n) is 8.20. The summed E-state index contributed by atoms with van der Waals surface area (Å²) in [5.74, 6) is -0.195. The van der Waals surface area contributed by atoms with Crippen molar-refractivity contribution in [2.24, 2.45) is 11.3 Å². The number of hydrogen-bond acceptors (Lipinski definition) is 3. The summed E-state index contributed by atoms with van der Waals surface area (Å²) in [5, 5.41) is 9.10. The van der Waals surface area contributed by atoms with Crippen LogP contribution in [0.4, 0.5) is 0 Å². The van der Waals surface area contributed by atoms with E-state index in [9.17, 15) is 4.79 Å². The molecule has 0 unspecified atom stereocenters. The highest BCUT2D eigenvalue weighted by Gasteiger charge is 2.47. The van der Waals surface area contributed by atoms with Crippen molar-refractivity contribution in [2.45, 2.75) is 19.3 Å². The molecule has 0 amide bonds. The smallest absolute Gasteiger partial charge is 0.314 e. The summed E-state index contributed by atoms with van der Waals surface area (Å²) in [6.07, 6.45) is 2.75. The van der Waals surface area contributed by atoms with E-state index in [1.807, 2.05) is 0 Å². The maximum atomic E-state index is 11.1. The third-order valence-electron chi connectivity index (χ3n) is 3.23. The Balaban J connectivity index is 1.90. The second-order valence-electron chi connectivity index (χ2n) is 4.34. The Morgan fingerprint density at radius 3 is 2.36 bits per heavy atom. The molecule has 2 rings (SSSR count). The topological polar surface area (TPSA) is 55.8 Å². The van der Waals surface area contributed by atoms with E-state index in [1.165, 1.54) is 0 Å². The summed E-state index contributed by atoms with van der Waals surface area (Å²) in [5.41, 5.74) is -0.581. The van der Waals surface area contributed by atoms with Crippen LogP contribution in [0.5, 0.6) is 0 Å². The van der Waals surface area contributed by atoms with E-state index < -0.39 is 11.4 Å². The normalized spacial score (nSPS) is 26.9. The highest BCUT2D eigenvalue weighted by atomic mass is 16.5. The van der Waals surface area contributed by atoms with Gasteiger partial charge in [-0.15, -0.1) is 0 Å². The fraction of sp³-hybridized carbons (Fsp3) is 0.900. The fourth-order valence-corrected chi connectivity index (χ4v) is 2.18. The molecule has 2 fully saturated rings. The number of carbonyl (C=O) groups is 1. The molecular formula is C10H16O4. The minimum atomic E-state index is -0.699. The molecule has 0 saturated carbocycles. The molecule has 80 valence electrons. The highest BCUT2D eigenvalue weighted by molar-refractivity contribution is 5.75. The second-order valence-corrected chi connectivity index (χ2v) is 4.34. The molecule has 0 spiro atoms. The van der Waals surface area contributed by atoms with Crippen molar-refractivity contribution in [1.82, 2.24) is 0 Å². The van der Waals surface area contributed by atoms with Crippen molar-refractivity contribution in [3.05, 3.63) is 0 Å². The Labute approximate surface area is 83.2 Å². The first kappa shape index (κ1) is 9.93. The quantitative estimate of drug-likeness (QED) is 0.735. The van der Waals surface area contributed by atoms with Crippen molar-refractivity contribution in [3.8, 4) is 0 Å². The Hall–Kier alpha value is -0.610. The SMILES string of the molecule is O=C(O)C1(CC2CCOCC2)COC1. The summed E-state index contributed by atoms with van der Waals surface area (Å²) >= 11 is 0. The average molecular weight is 200 g/mol. The molecule has 0 bridgehead atoms. The van der Waals surface area contributed by atoms with Crippen molar-refractivity contribution >= 4 is 5.97 Å². The standard InChI is InChI=1S/C10H16O4/c11-9(12)10(6-14-7-10)5-8-1-3-13-4-2-8/h8H,1-7H2,(H,11,12). The van der Waals surface area contributed by atoms with Crippen LogP contribution in [0.15, 0.2) is 0 Å². The molecule has 4 nitrogen and oxygen atoms in total. The number of carboxylic acids is 1. The van der Waals surface area contributed by atoms with Crippen LogP contribution in [0, 0.1) is 11.3 Å². The summed E-state index contributed by atoms with van der Waals surface area (Å²) in [7, 11) is 0. The van der Waals surface area contributed by atoms with Gasteiger partial charge in [0.15, 0.2) is 0 Å². The monoisotopic (exact) mass is 200 g/mol. The van der Waals surface area contributed by atoms with Gasteiger partial charge in [-0.05, 0) is 25.2 Å². The van der Waals surface area contributed by atoms with Gasteiger partial charge >= 0.3 is 5.97 Å². The van der Waals surface area contributed by atoms with Crippen LogP contribution >= 0.6 is 0 Å². The molecule has 2 aliphatic rings. The predicted octanol–water partition coefficient (Wildman–Crippen LogP) is 0.904. The van der Waals surface area contributed by atoms with Gasteiger partial charge in [0.25, 0.3) is 0 Å². The zero-order chi connectivity index (χ0) is 10.0. The minimum absolute atomic E-state index is 0.389. The Kier molecular flexibility index (Phi) is 2.74. The predicted molar refractivity (Wildman–Crippen MR) is 49.0 cm³/mol. The van der Waals surface area contributed by atoms with E-state index in [0.717, 1.165) is 32.5 Å². The van der Waals surface area contributed by atoms with Crippen LogP contribution in [0.1, 0.15) is 19.3 Å². The van der Waals surface area contributed by atoms with Crippen LogP contribution in [0.3, 0.4) is 0 Å². The molecule has 2 heterocycles. The molecule has 0 aromatic rings. The molecule has 0 atom stereocenters. The molecule has 0 aromatic heterocycles. The van der Waals surface area contributed by atoms with E-state index in [0.29, 0.717) is 19.1 Å². The van der Waals surface area contributed by atoms with Crippen molar-refractivity contribution in [3.63, 3.8) is 0 Å².